The summed E-state index contributed by atoms with van der Waals surface area (Å²) in [5.74, 6) is -0.0176. The molecule has 3 amide bonds. The predicted molar refractivity (Wildman–Crippen MR) is 90.9 cm³/mol. The molecule has 24 heavy (non-hydrogen) atoms. The molecule has 0 saturated carbocycles. The number of rotatable bonds is 4. The summed E-state index contributed by atoms with van der Waals surface area (Å²) < 4.78 is 1.77. The third-order valence-corrected chi connectivity index (χ3v) is 4.18. The molecule has 0 fully saturated rings. The molecule has 7 heteroatoms. The van der Waals surface area contributed by atoms with Crippen molar-refractivity contribution in [2.24, 2.45) is 0 Å². The monoisotopic (exact) mass is 327 g/mol. The zero-order valence-electron chi connectivity index (χ0n) is 14.0. The van der Waals surface area contributed by atoms with Crippen molar-refractivity contribution in [3.63, 3.8) is 0 Å². The van der Waals surface area contributed by atoms with Gasteiger partial charge in [0.15, 0.2) is 0 Å². The summed E-state index contributed by atoms with van der Waals surface area (Å²) in [5.41, 5.74) is 2.28. The van der Waals surface area contributed by atoms with Crippen LogP contribution in [0, 0.1) is 0 Å². The molecular formula is C17H21N5O2. The molecule has 1 atom stereocenters. The van der Waals surface area contributed by atoms with Crippen LogP contribution in [0.1, 0.15) is 41.9 Å². The van der Waals surface area contributed by atoms with Gasteiger partial charge < -0.3 is 15.5 Å². The zero-order valence-corrected chi connectivity index (χ0v) is 14.0. The quantitative estimate of drug-likeness (QED) is 0.905. The van der Waals surface area contributed by atoms with E-state index in [1.54, 1.807) is 29.0 Å². The van der Waals surface area contributed by atoms with E-state index in [0.29, 0.717) is 17.8 Å². The molecule has 1 aliphatic rings. The predicted octanol–water partition coefficient (Wildman–Crippen LogP) is 2.41. The molecular weight excluding hydrogens is 306 g/mol. The number of anilines is 1. The number of amides is 3. The number of nitrogens with one attached hydrogen (secondary N) is 2. The molecule has 1 aliphatic heterocycles. The number of likely N-dealkylation sites (N-methyl/N-ethyl adjacent to an activating group) is 1. The first-order valence-corrected chi connectivity index (χ1v) is 7.92. The van der Waals surface area contributed by atoms with E-state index in [0.717, 1.165) is 5.56 Å². The standard InChI is InChI=1S/C17H21N5O2/c1-11(2)22-10-12(8-19-22)20-17(24)18-9-15-13-6-4-5-7-14(13)16(23)21(15)3/h4-8,10-11,15H,9H2,1-3H3,(H2,18,20,24)/t15-/m0/s1. The lowest BCUT2D eigenvalue weighted by Gasteiger charge is -2.21. The van der Waals surface area contributed by atoms with Gasteiger partial charge in [0, 0.05) is 31.4 Å². The van der Waals surface area contributed by atoms with Crippen LogP contribution in [0.4, 0.5) is 10.5 Å². The summed E-state index contributed by atoms with van der Waals surface area (Å²) in [5, 5.41) is 9.76. The second kappa shape index (κ2) is 6.35. The fraction of sp³-hybridized carbons (Fsp3) is 0.353. The molecule has 0 unspecified atom stereocenters. The van der Waals surface area contributed by atoms with E-state index < -0.39 is 0 Å². The number of hydrogen-bond acceptors (Lipinski definition) is 3. The molecule has 2 heterocycles. The Kier molecular flexibility index (Phi) is 4.24. The van der Waals surface area contributed by atoms with Crippen LogP contribution in [0.3, 0.4) is 0 Å². The smallest absolute Gasteiger partial charge is 0.319 e. The number of fused-ring (bicyclic) bond motifs is 1. The van der Waals surface area contributed by atoms with E-state index >= 15 is 0 Å². The second-order valence-corrected chi connectivity index (χ2v) is 6.16. The van der Waals surface area contributed by atoms with Crippen molar-refractivity contribution in [2.75, 3.05) is 18.9 Å². The summed E-state index contributed by atoms with van der Waals surface area (Å²) in [7, 11) is 1.75. The highest BCUT2D eigenvalue weighted by Gasteiger charge is 2.33. The van der Waals surface area contributed by atoms with Crippen LogP contribution in [0.2, 0.25) is 0 Å². The Bertz CT molecular complexity index is 768. The van der Waals surface area contributed by atoms with E-state index in [1.807, 2.05) is 38.1 Å². The van der Waals surface area contributed by atoms with Crippen molar-refractivity contribution >= 4 is 17.6 Å². The van der Waals surface area contributed by atoms with Gasteiger partial charge in [0.25, 0.3) is 5.91 Å². The average Bonchev–Trinajstić information content (AvgIpc) is 3.11. The molecule has 0 saturated heterocycles. The summed E-state index contributed by atoms with van der Waals surface area (Å²) in [4.78, 5) is 25.9. The molecule has 2 aromatic rings. The van der Waals surface area contributed by atoms with Gasteiger partial charge >= 0.3 is 6.03 Å². The minimum Gasteiger partial charge on any atom is -0.335 e. The van der Waals surface area contributed by atoms with Gasteiger partial charge in [0.1, 0.15) is 0 Å². The first-order chi connectivity index (χ1) is 11.5. The number of carbonyl (C=O) groups is 2. The molecule has 0 spiro atoms. The minimum atomic E-state index is -0.316. The number of urea groups is 1. The summed E-state index contributed by atoms with van der Waals surface area (Å²) in [6, 6.07) is 7.25. The number of nitrogens with zero attached hydrogens (tertiary/aromatic N) is 3. The van der Waals surface area contributed by atoms with E-state index in [1.165, 1.54) is 0 Å². The third-order valence-electron chi connectivity index (χ3n) is 4.18. The lowest BCUT2D eigenvalue weighted by molar-refractivity contribution is 0.0774. The molecule has 2 N–H and O–H groups in total. The highest BCUT2D eigenvalue weighted by molar-refractivity contribution is 5.99. The van der Waals surface area contributed by atoms with E-state index in [9.17, 15) is 9.59 Å². The van der Waals surface area contributed by atoms with E-state index in [2.05, 4.69) is 15.7 Å². The van der Waals surface area contributed by atoms with Crippen molar-refractivity contribution in [1.29, 1.82) is 0 Å². The van der Waals surface area contributed by atoms with Crippen molar-refractivity contribution in [2.45, 2.75) is 25.9 Å². The lowest BCUT2D eigenvalue weighted by atomic mass is 10.1. The van der Waals surface area contributed by atoms with Crippen LogP contribution < -0.4 is 10.6 Å². The molecule has 0 aliphatic carbocycles. The first kappa shape index (κ1) is 16.0. The van der Waals surface area contributed by atoms with Gasteiger partial charge in [-0.3, -0.25) is 9.48 Å². The molecule has 0 radical (unpaired) electrons. The Hall–Kier alpha value is -2.83. The van der Waals surface area contributed by atoms with Crippen molar-refractivity contribution in [1.82, 2.24) is 20.0 Å². The van der Waals surface area contributed by atoms with Gasteiger partial charge in [-0.15, -0.1) is 0 Å². The summed E-state index contributed by atoms with van der Waals surface area (Å²) in [6.45, 7) is 4.38. The normalized spacial score (nSPS) is 16.4. The van der Waals surface area contributed by atoms with Crippen molar-refractivity contribution in [3.05, 3.63) is 47.8 Å². The SMILES string of the molecule is CC(C)n1cc(NC(=O)NC[C@H]2c3ccccc3C(=O)N2C)cn1. The Labute approximate surface area is 140 Å². The Balaban J connectivity index is 1.61. The minimum absolute atomic E-state index is 0.0176. The fourth-order valence-electron chi connectivity index (χ4n) is 2.82. The van der Waals surface area contributed by atoms with Crippen LogP contribution in [0.15, 0.2) is 36.7 Å². The number of carbonyl (C=O) groups excluding carboxylic acids is 2. The van der Waals surface area contributed by atoms with Gasteiger partial charge in [0.05, 0.1) is 17.9 Å². The third kappa shape index (κ3) is 2.97. The molecule has 1 aromatic carbocycles. The molecule has 126 valence electrons. The Morgan fingerprint density at radius 1 is 1.33 bits per heavy atom. The Morgan fingerprint density at radius 3 is 2.79 bits per heavy atom. The highest BCUT2D eigenvalue weighted by atomic mass is 16.2. The van der Waals surface area contributed by atoms with Crippen molar-refractivity contribution in [3.8, 4) is 0 Å². The van der Waals surface area contributed by atoms with Crippen LogP contribution in [-0.4, -0.2) is 40.2 Å². The topological polar surface area (TPSA) is 79.3 Å². The maximum Gasteiger partial charge on any atom is 0.319 e. The molecule has 0 bridgehead atoms. The number of hydrogen-bond donors (Lipinski definition) is 2. The largest absolute Gasteiger partial charge is 0.335 e. The van der Waals surface area contributed by atoms with Gasteiger partial charge in [-0.05, 0) is 25.5 Å². The maximum absolute atomic E-state index is 12.2. The summed E-state index contributed by atoms with van der Waals surface area (Å²) in [6.07, 6.45) is 3.39. The Morgan fingerprint density at radius 2 is 2.08 bits per heavy atom. The number of aromatic nitrogens is 2. The van der Waals surface area contributed by atoms with E-state index in [-0.39, 0.29) is 24.0 Å². The molecule has 3 rings (SSSR count). The number of benzene rings is 1. The van der Waals surface area contributed by atoms with Gasteiger partial charge in [-0.1, -0.05) is 18.2 Å². The highest BCUT2D eigenvalue weighted by Crippen LogP contribution is 2.31. The van der Waals surface area contributed by atoms with Gasteiger partial charge in [-0.25, -0.2) is 4.79 Å². The molecule has 7 nitrogen and oxygen atoms in total. The average molecular weight is 327 g/mol. The lowest BCUT2D eigenvalue weighted by Crippen LogP contribution is -2.36. The molecule has 1 aromatic heterocycles. The van der Waals surface area contributed by atoms with Crippen LogP contribution in [-0.2, 0) is 0 Å². The zero-order chi connectivity index (χ0) is 17.3. The second-order valence-electron chi connectivity index (χ2n) is 6.16. The van der Waals surface area contributed by atoms with Crippen LogP contribution in [0.5, 0.6) is 0 Å². The van der Waals surface area contributed by atoms with Crippen LogP contribution in [0.25, 0.3) is 0 Å². The van der Waals surface area contributed by atoms with Crippen LogP contribution >= 0.6 is 0 Å². The fourth-order valence-corrected chi connectivity index (χ4v) is 2.82. The van der Waals surface area contributed by atoms with E-state index in [4.69, 9.17) is 0 Å². The first-order valence-electron chi connectivity index (χ1n) is 7.92. The van der Waals surface area contributed by atoms with Crippen molar-refractivity contribution < 1.29 is 9.59 Å². The van der Waals surface area contributed by atoms with Gasteiger partial charge in [-0.2, -0.15) is 5.10 Å². The summed E-state index contributed by atoms with van der Waals surface area (Å²) >= 11 is 0. The maximum atomic E-state index is 12.2. The van der Waals surface area contributed by atoms with Gasteiger partial charge in [0.2, 0.25) is 0 Å².